The van der Waals surface area contributed by atoms with E-state index >= 15 is 0 Å². The van der Waals surface area contributed by atoms with Crippen molar-refractivity contribution in [3.05, 3.63) is 28.7 Å². The monoisotopic (exact) mass is 337 g/mol. The van der Waals surface area contributed by atoms with Gasteiger partial charge in [-0.3, -0.25) is 0 Å². The molecular weight excluding hydrogens is 318 g/mol. The van der Waals surface area contributed by atoms with Crippen LogP contribution in [0.1, 0.15) is 38.5 Å². The lowest BCUT2D eigenvalue weighted by atomic mass is 9.73. The Bertz CT molecular complexity index is 515. The van der Waals surface area contributed by atoms with Crippen LogP contribution in [0.15, 0.2) is 28.7 Å². The molecule has 2 saturated carbocycles. The molecule has 3 nitrogen and oxygen atoms in total. The first-order valence-corrected chi connectivity index (χ1v) is 8.15. The van der Waals surface area contributed by atoms with E-state index in [0.29, 0.717) is 5.92 Å². The predicted octanol–water partition coefficient (Wildman–Crippen LogP) is 4.28. The second kappa shape index (κ2) is 5.40. The van der Waals surface area contributed by atoms with E-state index in [4.69, 9.17) is 0 Å². The number of benzene rings is 1. The van der Waals surface area contributed by atoms with Crippen molar-refractivity contribution in [2.75, 3.05) is 5.32 Å². The fourth-order valence-corrected chi connectivity index (χ4v) is 3.89. The minimum absolute atomic E-state index is 0.583. The highest BCUT2D eigenvalue weighted by Gasteiger charge is 2.46. The second-order valence-corrected chi connectivity index (χ2v) is 7.13. The van der Waals surface area contributed by atoms with E-state index in [1.807, 2.05) is 24.3 Å². The number of hydrogen-bond donors (Lipinski definition) is 2. The van der Waals surface area contributed by atoms with Gasteiger partial charge in [0.15, 0.2) is 0 Å². The van der Waals surface area contributed by atoms with Crippen molar-refractivity contribution in [3.8, 4) is 0 Å². The molecule has 0 spiro atoms. The Morgan fingerprint density at radius 3 is 2.75 bits per heavy atom. The van der Waals surface area contributed by atoms with E-state index in [0.717, 1.165) is 35.3 Å². The predicted molar refractivity (Wildman–Crippen MR) is 82.8 cm³/mol. The fraction of sp³-hybridized carbons (Fsp3) is 0.562. The zero-order chi connectivity index (χ0) is 14.2. The van der Waals surface area contributed by atoms with Gasteiger partial charge in [0, 0.05) is 10.2 Å². The largest absolute Gasteiger partial charge is 0.480 e. The summed E-state index contributed by atoms with van der Waals surface area (Å²) in [6.07, 6.45) is 6.26. The third-order valence-electron chi connectivity index (χ3n) is 4.70. The molecule has 108 valence electrons. The molecule has 2 fully saturated rings. The van der Waals surface area contributed by atoms with Gasteiger partial charge in [0.25, 0.3) is 0 Å². The molecule has 1 aromatic rings. The fourth-order valence-electron chi connectivity index (χ4n) is 3.49. The number of nitrogens with one attached hydrogen (secondary N) is 1. The standard InChI is InChI=1S/C16H20BrNO2/c17-13-4-1-5-14(9-13)18-16(15(19)20)8-2-3-12(10-16)11-6-7-11/h1,4-5,9,11-12,18H,2-3,6-8,10H2,(H,19,20). The maximum atomic E-state index is 11.9. The molecule has 4 heteroatoms. The van der Waals surface area contributed by atoms with E-state index in [1.54, 1.807) is 0 Å². The summed E-state index contributed by atoms with van der Waals surface area (Å²) in [6.45, 7) is 0. The van der Waals surface area contributed by atoms with Crippen molar-refractivity contribution >= 4 is 27.6 Å². The van der Waals surface area contributed by atoms with Crippen LogP contribution in [0.2, 0.25) is 0 Å². The van der Waals surface area contributed by atoms with Crippen LogP contribution in [0.3, 0.4) is 0 Å². The summed E-state index contributed by atoms with van der Waals surface area (Å²) >= 11 is 3.44. The van der Waals surface area contributed by atoms with Gasteiger partial charge in [-0.05, 0) is 62.1 Å². The molecule has 0 bridgehead atoms. The molecule has 1 aromatic carbocycles. The molecule has 2 unspecified atom stereocenters. The van der Waals surface area contributed by atoms with Crippen LogP contribution >= 0.6 is 15.9 Å². The molecule has 2 aliphatic rings. The van der Waals surface area contributed by atoms with Crippen molar-refractivity contribution in [1.29, 1.82) is 0 Å². The molecule has 0 radical (unpaired) electrons. The van der Waals surface area contributed by atoms with E-state index in [9.17, 15) is 9.90 Å². The van der Waals surface area contributed by atoms with Gasteiger partial charge in [0.2, 0.25) is 0 Å². The van der Waals surface area contributed by atoms with Crippen LogP contribution < -0.4 is 5.32 Å². The number of hydrogen-bond acceptors (Lipinski definition) is 2. The quantitative estimate of drug-likeness (QED) is 0.861. The molecule has 2 aliphatic carbocycles. The number of carboxylic acid groups (broad SMARTS) is 1. The van der Waals surface area contributed by atoms with Crippen molar-refractivity contribution in [1.82, 2.24) is 0 Å². The Morgan fingerprint density at radius 2 is 2.10 bits per heavy atom. The average molecular weight is 338 g/mol. The lowest BCUT2D eigenvalue weighted by Crippen LogP contribution is -2.50. The van der Waals surface area contributed by atoms with Crippen molar-refractivity contribution in [2.45, 2.75) is 44.1 Å². The summed E-state index contributed by atoms with van der Waals surface area (Å²) in [4.78, 5) is 11.9. The van der Waals surface area contributed by atoms with Gasteiger partial charge < -0.3 is 10.4 Å². The number of carbonyl (C=O) groups is 1. The lowest BCUT2D eigenvalue weighted by molar-refractivity contribution is -0.144. The van der Waals surface area contributed by atoms with E-state index in [1.165, 1.54) is 19.3 Å². The molecule has 0 amide bonds. The molecule has 20 heavy (non-hydrogen) atoms. The smallest absolute Gasteiger partial charge is 0.329 e. The van der Waals surface area contributed by atoms with Gasteiger partial charge in [0.05, 0.1) is 0 Å². The normalized spacial score (nSPS) is 29.9. The first-order chi connectivity index (χ1) is 9.59. The van der Waals surface area contributed by atoms with Gasteiger partial charge in [0.1, 0.15) is 5.54 Å². The van der Waals surface area contributed by atoms with Crippen molar-refractivity contribution < 1.29 is 9.90 Å². The van der Waals surface area contributed by atoms with Crippen LogP contribution in [-0.2, 0) is 4.79 Å². The van der Waals surface area contributed by atoms with E-state index in [-0.39, 0.29) is 0 Å². The van der Waals surface area contributed by atoms with Gasteiger partial charge in [-0.1, -0.05) is 28.4 Å². The summed E-state index contributed by atoms with van der Waals surface area (Å²) < 4.78 is 0.970. The number of halogens is 1. The Balaban J connectivity index is 1.81. The summed E-state index contributed by atoms with van der Waals surface area (Å²) in [7, 11) is 0. The van der Waals surface area contributed by atoms with Crippen LogP contribution in [0, 0.1) is 11.8 Å². The zero-order valence-corrected chi connectivity index (χ0v) is 13.0. The summed E-state index contributed by atoms with van der Waals surface area (Å²) in [6, 6.07) is 7.78. The Kier molecular flexibility index (Phi) is 3.76. The zero-order valence-electron chi connectivity index (χ0n) is 11.4. The Labute approximate surface area is 127 Å². The van der Waals surface area contributed by atoms with Crippen molar-refractivity contribution in [3.63, 3.8) is 0 Å². The Morgan fingerprint density at radius 1 is 1.30 bits per heavy atom. The maximum absolute atomic E-state index is 11.9. The highest BCUT2D eigenvalue weighted by Crippen LogP contribution is 2.47. The lowest BCUT2D eigenvalue weighted by Gasteiger charge is -2.39. The average Bonchev–Trinajstić information content (AvgIpc) is 3.23. The number of anilines is 1. The molecular formula is C16H20BrNO2. The third kappa shape index (κ3) is 2.85. The van der Waals surface area contributed by atoms with Gasteiger partial charge >= 0.3 is 5.97 Å². The molecule has 2 atom stereocenters. The SMILES string of the molecule is O=C(O)C1(Nc2cccc(Br)c2)CCCC(C2CC2)C1. The van der Waals surface area contributed by atoms with E-state index < -0.39 is 11.5 Å². The molecule has 0 heterocycles. The number of rotatable bonds is 4. The molecule has 0 aromatic heterocycles. The molecule has 2 N–H and O–H groups in total. The van der Waals surface area contributed by atoms with Gasteiger partial charge in [-0.15, -0.1) is 0 Å². The summed E-state index contributed by atoms with van der Waals surface area (Å²) in [5.41, 5.74) is 0.102. The first-order valence-electron chi connectivity index (χ1n) is 7.36. The highest BCUT2D eigenvalue weighted by molar-refractivity contribution is 9.10. The minimum atomic E-state index is -0.785. The van der Waals surface area contributed by atoms with E-state index in [2.05, 4.69) is 21.2 Å². The molecule has 3 rings (SSSR count). The van der Waals surface area contributed by atoms with Crippen LogP contribution in [0.25, 0.3) is 0 Å². The van der Waals surface area contributed by atoms with Crippen LogP contribution in [-0.4, -0.2) is 16.6 Å². The number of carboxylic acids is 1. The minimum Gasteiger partial charge on any atom is -0.480 e. The van der Waals surface area contributed by atoms with Gasteiger partial charge in [-0.25, -0.2) is 4.79 Å². The first kappa shape index (κ1) is 13.9. The number of aliphatic carboxylic acids is 1. The molecule has 0 aliphatic heterocycles. The maximum Gasteiger partial charge on any atom is 0.329 e. The Hall–Kier alpha value is -1.03. The second-order valence-electron chi connectivity index (χ2n) is 6.22. The topological polar surface area (TPSA) is 49.3 Å². The van der Waals surface area contributed by atoms with Crippen LogP contribution in [0.5, 0.6) is 0 Å². The summed E-state index contributed by atoms with van der Waals surface area (Å²) in [5, 5.41) is 13.1. The highest BCUT2D eigenvalue weighted by atomic mass is 79.9. The third-order valence-corrected chi connectivity index (χ3v) is 5.19. The molecule has 0 saturated heterocycles. The van der Waals surface area contributed by atoms with Crippen LogP contribution in [0.4, 0.5) is 5.69 Å². The van der Waals surface area contributed by atoms with Crippen molar-refractivity contribution in [2.24, 2.45) is 11.8 Å². The van der Waals surface area contributed by atoms with Gasteiger partial charge in [-0.2, -0.15) is 0 Å². The summed E-state index contributed by atoms with van der Waals surface area (Å²) in [5.74, 6) is 0.653.